The molecule has 28 heavy (non-hydrogen) atoms. The maximum Gasteiger partial charge on any atom is 0.264 e. The third-order valence-corrected chi connectivity index (χ3v) is 6.33. The fourth-order valence-corrected chi connectivity index (χ4v) is 4.15. The minimum absolute atomic E-state index is 0.132. The number of nitrogens with zero attached hydrogens (tertiary/aromatic N) is 1. The van der Waals surface area contributed by atoms with Gasteiger partial charge in [0, 0.05) is 0 Å². The van der Waals surface area contributed by atoms with E-state index < -0.39 is 10.1 Å². The van der Waals surface area contributed by atoms with E-state index in [0.717, 1.165) is 0 Å². The number of hydrogen-bond donors (Lipinski definition) is 1. The molecule has 0 aliphatic carbocycles. The lowest BCUT2D eigenvalue weighted by Crippen LogP contribution is -2.50. The average molecular weight is 423 g/mol. The van der Waals surface area contributed by atoms with Gasteiger partial charge in [0.25, 0.3) is 10.1 Å². The van der Waals surface area contributed by atoms with Gasteiger partial charge >= 0.3 is 0 Å². The molecule has 0 fully saturated rings. The lowest BCUT2D eigenvalue weighted by molar-refractivity contribution is -0.929. The van der Waals surface area contributed by atoms with E-state index in [4.69, 9.17) is 4.55 Å². The zero-order valence-corrected chi connectivity index (χ0v) is 20.7. The molecule has 0 saturated carbocycles. The van der Waals surface area contributed by atoms with Gasteiger partial charge in [-0.3, -0.25) is 4.55 Å². The van der Waals surface area contributed by atoms with Gasteiger partial charge in [-0.15, -0.1) is 0 Å². The van der Waals surface area contributed by atoms with Crippen molar-refractivity contribution in [1.29, 1.82) is 0 Å². The van der Waals surface area contributed by atoms with Crippen LogP contribution in [0.5, 0.6) is 0 Å². The first-order valence-electron chi connectivity index (χ1n) is 12.1. The first-order chi connectivity index (χ1) is 13.3. The molecule has 0 spiro atoms. The molecule has 0 aromatic rings. The molecule has 0 unspecified atom stereocenters. The van der Waals surface area contributed by atoms with Crippen molar-refractivity contribution in [1.82, 2.24) is 0 Å². The van der Waals surface area contributed by atoms with E-state index in [0.29, 0.717) is 6.42 Å². The Kier molecular flexibility index (Phi) is 21.6. The maximum atomic E-state index is 9.79. The second kappa shape index (κ2) is 20.2. The van der Waals surface area contributed by atoms with Crippen molar-refractivity contribution >= 4 is 10.1 Å². The molecule has 4 nitrogen and oxygen atoms in total. The second-order valence-corrected chi connectivity index (χ2v) is 9.92. The highest BCUT2D eigenvalue weighted by Gasteiger charge is 2.24. The standard InChI is InChI=1S/C20H44N.C3H8O3S/c1-5-9-13-14-15-16-20-21(17-10-6-2,18-11-7-3)19-12-8-4;1-2-3-7(4,5)6/h5-20H2,1-4H3;2-3H2,1H3,(H,4,5,6)/q+1;. The molecule has 0 aliphatic heterocycles. The largest absolute Gasteiger partial charge is 0.324 e. The van der Waals surface area contributed by atoms with E-state index in [9.17, 15) is 8.42 Å². The van der Waals surface area contributed by atoms with E-state index >= 15 is 0 Å². The molecule has 0 aromatic carbocycles. The summed E-state index contributed by atoms with van der Waals surface area (Å²) < 4.78 is 29.0. The van der Waals surface area contributed by atoms with E-state index in [2.05, 4.69) is 27.7 Å². The summed E-state index contributed by atoms with van der Waals surface area (Å²) in [6.07, 6.45) is 17.4. The number of rotatable bonds is 18. The van der Waals surface area contributed by atoms with Crippen molar-refractivity contribution in [3.8, 4) is 0 Å². The highest BCUT2D eigenvalue weighted by atomic mass is 32.2. The minimum Gasteiger partial charge on any atom is -0.324 e. The van der Waals surface area contributed by atoms with Gasteiger partial charge < -0.3 is 4.48 Å². The first-order valence-corrected chi connectivity index (χ1v) is 13.7. The van der Waals surface area contributed by atoms with Gasteiger partial charge in [0.2, 0.25) is 0 Å². The molecule has 0 rings (SSSR count). The van der Waals surface area contributed by atoms with Crippen LogP contribution in [0.3, 0.4) is 0 Å². The predicted molar refractivity (Wildman–Crippen MR) is 125 cm³/mol. The summed E-state index contributed by atoms with van der Waals surface area (Å²) in [5, 5.41) is 0. The van der Waals surface area contributed by atoms with Crippen molar-refractivity contribution in [3.63, 3.8) is 0 Å². The Bertz CT molecular complexity index is 388. The summed E-state index contributed by atoms with van der Waals surface area (Å²) in [6, 6.07) is 0. The van der Waals surface area contributed by atoms with Gasteiger partial charge in [-0.25, -0.2) is 0 Å². The molecular weight excluding hydrogens is 370 g/mol. The van der Waals surface area contributed by atoms with Crippen LogP contribution in [0.2, 0.25) is 0 Å². The zero-order valence-electron chi connectivity index (χ0n) is 19.8. The third-order valence-electron chi connectivity index (χ3n) is 5.41. The fraction of sp³-hybridized carbons (Fsp3) is 1.00. The van der Waals surface area contributed by atoms with Crippen LogP contribution in [-0.2, 0) is 10.1 Å². The molecule has 0 heterocycles. The summed E-state index contributed by atoms with van der Waals surface area (Å²) in [7, 11) is -3.67. The van der Waals surface area contributed by atoms with Gasteiger partial charge in [-0.2, -0.15) is 8.42 Å². The summed E-state index contributed by atoms with van der Waals surface area (Å²) in [4.78, 5) is 0. The van der Waals surface area contributed by atoms with Gasteiger partial charge in [-0.1, -0.05) is 79.6 Å². The fourth-order valence-electron chi connectivity index (χ4n) is 3.64. The van der Waals surface area contributed by atoms with Crippen LogP contribution < -0.4 is 0 Å². The van der Waals surface area contributed by atoms with Gasteiger partial charge in [0.1, 0.15) is 0 Å². The predicted octanol–water partition coefficient (Wildman–Crippen LogP) is 6.85. The Balaban J connectivity index is 0. The highest BCUT2D eigenvalue weighted by molar-refractivity contribution is 7.85. The molecule has 0 saturated heterocycles. The molecular formula is C23H52NO3S+. The molecule has 172 valence electrons. The van der Waals surface area contributed by atoms with E-state index in [1.54, 1.807) is 6.92 Å². The van der Waals surface area contributed by atoms with E-state index in [1.807, 2.05) is 0 Å². The van der Waals surface area contributed by atoms with Crippen molar-refractivity contribution < 1.29 is 17.5 Å². The van der Waals surface area contributed by atoms with Gasteiger partial charge in [-0.05, 0) is 38.5 Å². The zero-order chi connectivity index (χ0) is 21.7. The first kappa shape index (κ1) is 30.1. The molecule has 0 aromatic heterocycles. The van der Waals surface area contributed by atoms with Crippen LogP contribution in [0.1, 0.15) is 118 Å². The van der Waals surface area contributed by atoms with Crippen LogP contribution >= 0.6 is 0 Å². The van der Waals surface area contributed by atoms with Crippen molar-refractivity contribution in [3.05, 3.63) is 0 Å². The quantitative estimate of drug-likeness (QED) is 0.149. The van der Waals surface area contributed by atoms with Crippen molar-refractivity contribution in [2.24, 2.45) is 0 Å². The molecule has 0 atom stereocenters. The summed E-state index contributed by atoms with van der Waals surface area (Å²) in [6.45, 7) is 16.8. The molecule has 0 amide bonds. The molecule has 0 radical (unpaired) electrons. The Morgan fingerprint density at radius 2 is 0.893 bits per heavy atom. The smallest absolute Gasteiger partial charge is 0.264 e. The van der Waals surface area contributed by atoms with Crippen molar-refractivity contribution in [2.45, 2.75) is 118 Å². The highest BCUT2D eigenvalue weighted by Crippen LogP contribution is 2.17. The van der Waals surface area contributed by atoms with Crippen molar-refractivity contribution in [2.75, 3.05) is 31.9 Å². The Labute approximate surface area is 177 Å². The minimum atomic E-state index is -3.67. The number of unbranched alkanes of at least 4 members (excludes halogenated alkanes) is 8. The van der Waals surface area contributed by atoms with Gasteiger partial charge in [0.15, 0.2) is 0 Å². The molecule has 5 heteroatoms. The molecule has 1 N–H and O–H groups in total. The Morgan fingerprint density at radius 1 is 0.536 bits per heavy atom. The molecule has 0 aliphatic rings. The Morgan fingerprint density at radius 3 is 1.21 bits per heavy atom. The average Bonchev–Trinajstić information content (AvgIpc) is 2.65. The number of hydrogen-bond acceptors (Lipinski definition) is 2. The number of quaternary nitrogens is 1. The summed E-state index contributed by atoms with van der Waals surface area (Å²) >= 11 is 0. The third kappa shape index (κ3) is 20.6. The van der Waals surface area contributed by atoms with Gasteiger partial charge in [0.05, 0.1) is 31.9 Å². The monoisotopic (exact) mass is 422 g/mol. The lowest BCUT2D eigenvalue weighted by atomic mass is 10.1. The topological polar surface area (TPSA) is 54.4 Å². The van der Waals surface area contributed by atoms with E-state index in [-0.39, 0.29) is 5.75 Å². The normalized spacial score (nSPS) is 11.9. The SMILES string of the molecule is CCCCCCCC[N+](CCCC)(CCCC)CCCC.CCCS(=O)(=O)O. The lowest BCUT2D eigenvalue weighted by Gasteiger charge is -2.39. The van der Waals surface area contributed by atoms with E-state index in [1.165, 1.54) is 108 Å². The van der Waals surface area contributed by atoms with Crippen LogP contribution in [-0.4, -0.2) is 49.4 Å². The summed E-state index contributed by atoms with van der Waals surface area (Å²) in [5.41, 5.74) is 0. The van der Waals surface area contributed by atoms with Crippen LogP contribution in [0.15, 0.2) is 0 Å². The van der Waals surface area contributed by atoms with Crippen LogP contribution in [0.25, 0.3) is 0 Å². The maximum absolute atomic E-state index is 9.79. The molecule has 0 bridgehead atoms. The second-order valence-electron chi connectivity index (χ2n) is 8.35. The van der Waals surface area contributed by atoms with Crippen LogP contribution in [0.4, 0.5) is 0 Å². The van der Waals surface area contributed by atoms with Crippen LogP contribution in [0, 0.1) is 0 Å². The Hall–Kier alpha value is -0.130. The summed E-state index contributed by atoms with van der Waals surface area (Å²) in [5.74, 6) is -0.132.